The van der Waals surface area contributed by atoms with E-state index in [1.54, 1.807) is 0 Å². The molecule has 0 aliphatic carbocycles. The van der Waals surface area contributed by atoms with Crippen LogP contribution in [0.1, 0.15) is 70.6 Å². The molecule has 0 amide bonds. The van der Waals surface area contributed by atoms with Crippen molar-refractivity contribution in [2.75, 3.05) is 11.5 Å². The molecule has 0 spiro atoms. The van der Waals surface area contributed by atoms with E-state index in [1.807, 2.05) is 0 Å². The van der Waals surface area contributed by atoms with Crippen molar-refractivity contribution in [2.24, 2.45) is 0 Å². The molecule has 0 radical (unpaired) electrons. The summed E-state index contributed by atoms with van der Waals surface area (Å²) in [6, 6.07) is 0. The minimum atomic E-state index is 1.42. The standard InChI is InChI=1S/C13H26S/c1-2-4-6-8-10-12-14-13-11-9-7-5-3-1/h1-13H2. The highest BCUT2D eigenvalue weighted by Crippen LogP contribution is 2.15. The predicted octanol–water partition coefficient (Wildman–Crippen LogP) is 5.02. The Morgan fingerprint density at radius 2 is 0.643 bits per heavy atom. The fourth-order valence-corrected chi connectivity index (χ4v) is 3.12. The molecule has 1 heteroatoms. The predicted molar refractivity (Wildman–Crippen MR) is 68.1 cm³/mol. The molecule has 1 aliphatic heterocycles. The Labute approximate surface area is 94.2 Å². The molecule has 1 aliphatic rings. The topological polar surface area (TPSA) is 0 Å². The average molecular weight is 214 g/mol. The summed E-state index contributed by atoms with van der Waals surface area (Å²) >= 11 is 2.18. The smallest absolute Gasteiger partial charge is 0.00675 e. The van der Waals surface area contributed by atoms with Crippen molar-refractivity contribution in [1.29, 1.82) is 0 Å². The molecule has 1 fully saturated rings. The van der Waals surface area contributed by atoms with Crippen LogP contribution in [0.25, 0.3) is 0 Å². The van der Waals surface area contributed by atoms with Gasteiger partial charge in [-0.1, -0.05) is 57.8 Å². The fourth-order valence-electron chi connectivity index (χ4n) is 2.10. The molecule has 0 aromatic rings. The van der Waals surface area contributed by atoms with Crippen molar-refractivity contribution in [3.8, 4) is 0 Å². The summed E-state index contributed by atoms with van der Waals surface area (Å²) in [6.07, 6.45) is 16.3. The normalized spacial score (nSPS) is 24.0. The fraction of sp³-hybridized carbons (Fsp3) is 1.00. The maximum Gasteiger partial charge on any atom is -0.00675 e. The Hall–Kier alpha value is 0.350. The first-order chi connectivity index (χ1) is 7.00. The quantitative estimate of drug-likeness (QED) is 0.545. The van der Waals surface area contributed by atoms with Crippen molar-refractivity contribution in [1.82, 2.24) is 0 Å². The van der Waals surface area contributed by atoms with E-state index in [1.165, 1.54) is 82.1 Å². The Balaban J connectivity index is 2.00. The monoisotopic (exact) mass is 214 g/mol. The number of thioether (sulfide) groups is 1. The molecular formula is C13H26S. The van der Waals surface area contributed by atoms with Crippen LogP contribution in [0.3, 0.4) is 0 Å². The molecule has 0 unspecified atom stereocenters. The summed E-state index contributed by atoms with van der Waals surface area (Å²) in [6.45, 7) is 0. The molecule has 1 rings (SSSR count). The van der Waals surface area contributed by atoms with E-state index in [0.717, 1.165) is 0 Å². The van der Waals surface area contributed by atoms with Gasteiger partial charge in [0, 0.05) is 0 Å². The van der Waals surface area contributed by atoms with Gasteiger partial charge in [-0.25, -0.2) is 0 Å². The molecule has 0 aromatic heterocycles. The summed E-state index contributed by atoms with van der Waals surface area (Å²) in [7, 11) is 0. The van der Waals surface area contributed by atoms with E-state index >= 15 is 0 Å². The van der Waals surface area contributed by atoms with Crippen molar-refractivity contribution in [3.63, 3.8) is 0 Å². The van der Waals surface area contributed by atoms with Gasteiger partial charge in [-0.2, -0.15) is 11.8 Å². The maximum atomic E-state index is 2.18. The van der Waals surface area contributed by atoms with E-state index in [0.29, 0.717) is 0 Å². The SMILES string of the molecule is C1CCCCCCSCCCCCC1. The van der Waals surface area contributed by atoms with Crippen LogP contribution in [0.4, 0.5) is 0 Å². The van der Waals surface area contributed by atoms with Crippen LogP contribution in [0.2, 0.25) is 0 Å². The highest BCUT2D eigenvalue weighted by atomic mass is 32.2. The first kappa shape index (κ1) is 12.4. The average Bonchev–Trinajstić information content (AvgIpc) is 2.22. The molecule has 0 saturated carbocycles. The summed E-state index contributed by atoms with van der Waals surface area (Å²) < 4.78 is 0. The number of rotatable bonds is 0. The third-order valence-electron chi connectivity index (χ3n) is 3.08. The molecule has 0 bridgehead atoms. The summed E-state index contributed by atoms with van der Waals surface area (Å²) in [4.78, 5) is 0. The summed E-state index contributed by atoms with van der Waals surface area (Å²) in [5.41, 5.74) is 0. The highest BCUT2D eigenvalue weighted by Gasteiger charge is 1.96. The second kappa shape index (κ2) is 9.89. The van der Waals surface area contributed by atoms with Crippen molar-refractivity contribution in [3.05, 3.63) is 0 Å². The van der Waals surface area contributed by atoms with Gasteiger partial charge in [0.05, 0.1) is 0 Å². The van der Waals surface area contributed by atoms with E-state index in [4.69, 9.17) is 0 Å². The molecule has 84 valence electrons. The third-order valence-corrected chi connectivity index (χ3v) is 4.23. The second-order valence-electron chi connectivity index (χ2n) is 4.50. The van der Waals surface area contributed by atoms with Gasteiger partial charge < -0.3 is 0 Å². The lowest BCUT2D eigenvalue weighted by atomic mass is 10.1. The Kier molecular flexibility index (Phi) is 8.77. The van der Waals surface area contributed by atoms with Gasteiger partial charge in [0.2, 0.25) is 0 Å². The van der Waals surface area contributed by atoms with Crippen molar-refractivity contribution in [2.45, 2.75) is 70.6 Å². The Morgan fingerprint density at radius 1 is 0.357 bits per heavy atom. The van der Waals surface area contributed by atoms with Gasteiger partial charge in [0.15, 0.2) is 0 Å². The summed E-state index contributed by atoms with van der Waals surface area (Å²) in [5, 5.41) is 0. The van der Waals surface area contributed by atoms with Crippen LogP contribution in [0.5, 0.6) is 0 Å². The van der Waals surface area contributed by atoms with Crippen LogP contribution in [0, 0.1) is 0 Å². The third kappa shape index (κ3) is 7.73. The largest absolute Gasteiger partial charge is 0.162 e. The lowest BCUT2D eigenvalue weighted by molar-refractivity contribution is 0.554. The molecule has 0 atom stereocenters. The Morgan fingerprint density at radius 3 is 1.00 bits per heavy atom. The van der Waals surface area contributed by atoms with Crippen LogP contribution >= 0.6 is 11.8 Å². The van der Waals surface area contributed by atoms with Crippen LogP contribution in [-0.4, -0.2) is 11.5 Å². The van der Waals surface area contributed by atoms with Gasteiger partial charge in [-0.05, 0) is 24.3 Å². The van der Waals surface area contributed by atoms with Crippen LogP contribution in [-0.2, 0) is 0 Å². The molecule has 0 nitrogen and oxygen atoms in total. The van der Waals surface area contributed by atoms with E-state index < -0.39 is 0 Å². The van der Waals surface area contributed by atoms with E-state index in [2.05, 4.69) is 11.8 Å². The van der Waals surface area contributed by atoms with Gasteiger partial charge in [0.25, 0.3) is 0 Å². The molecule has 1 heterocycles. The second-order valence-corrected chi connectivity index (χ2v) is 5.73. The maximum absolute atomic E-state index is 2.18. The molecule has 1 saturated heterocycles. The molecule has 14 heavy (non-hydrogen) atoms. The molecule has 0 aromatic carbocycles. The first-order valence-corrected chi connectivity index (χ1v) is 7.73. The van der Waals surface area contributed by atoms with E-state index in [-0.39, 0.29) is 0 Å². The minimum Gasteiger partial charge on any atom is -0.162 e. The van der Waals surface area contributed by atoms with Gasteiger partial charge in [0.1, 0.15) is 0 Å². The highest BCUT2D eigenvalue weighted by molar-refractivity contribution is 7.99. The van der Waals surface area contributed by atoms with Gasteiger partial charge in [-0.15, -0.1) is 0 Å². The zero-order chi connectivity index (χ0) is 9.90. The van der Waals surface area contributed by atoms with E-state index in [9.17, 15) is 0 Å². The zero-order valence-electron chi connectivity index (χ0n) is 9.60. The number of hydrogen-bond acceptors (Lipinski definition) is 1. The molecular weight excluding hydrogens is 188 g/mol. The van der Waals surface area contributed by atoms with Crippen molar-refractivity contribution < 1.29 is 0 Å². The number of hydrogen-bond donors (Lipinski definition) is 0. The lowest BCUT2D eigenvalue weighted by Gasteiger charge is -2.05. The van der Waals surface area contributed by atoms with Gasteiger partial charge >= 0.3 is 0 Å². The van der Waals surface area contributed by atoms with Gasteiger partial charge in [-0.3, -0.25) is 0 Å². The first-order valence-electron chi connectivity index (χ1n) is 6.58. The van der Waals surface area contributed by atoms with Crippen LogP contribution in [0.15, 0.2) is 0 Å². The lowest BCUT2D eigenvalue weighted by Crippen LogP contribution is -1.88. The minimum absolute atomic E-state index is 1.42. The molecule has 0 N–H and O–H groups in total. The summed E-state index contributed by atoms with van der Waals surface area (Å²) in [5.74, 6) is 2.83. The zero-order valence-corrected chi connectivity index (χ0v) is 10.4. The van der Waals surface area contributed by atoms with Crippen molar-refractivity contribution >= 4 is 11.8 Å². The van der Waals surface area contributed by atoms with Crippen LogP contribution < -0.4 is 0 Å². The Bertz CT molecular complexity index is 58.5.